The molecule has 0 amide bonds. The molecule has 0 radical (unpaired) electrons. The van der Waals surface area contributed by atoms with Crippen LogP contribution in [0.4, 0.5) is 4.39 Å². The molecule has 0 spiro atoms. The number of aliphatic hydroxyl groups excluding tert-OH is 1. The summed E-state index contributed by atoms with van der Waals surface area (Å²) >= 11 is 0. The van der Waals surface area contributed by atoms with E-state index in [1.807, 2.05) is 30.3 Å². The van der Waals surface area contributed by atoms with E-state index in [0.717, 1.165) is 6.42 Å². The molecule has 0 fully saturated rings. The predicted molar refractivity (Wildman–Crippen MR) is 72.7 cm³/mol. The Labute approximate surface area is 112 Å². The smallest absolute Gasteiger partial charge is 0.125 e. The van der Waals surface area contributed by atoms with Gasteiger partial charge in [0.1, 0.15) is 11.6 Å². The SMILES string of the molecule is CC(O)c1cc(F)ccc1OCCc1ccccc1. The maximum atomic E-state index is 13.1. The highest BCUT2D eigenvalue weighted by Gasteiger charge is 2.10. The highest BCUT2D eigenvalue weighted by Crippen LogP contribution is 2.26. The van der Waals surface area contributed by atoms with Gasteiger partial charge in [0.2, 0.25) is 0 Å². The van der Waals surface area contributed by atoms with E-state index in [0.29, 0.717) is 17.9 Å². The molecule has 0 aromatic heterocycles. The Morgan fingerprint density at radius 2 is 1.89 bits per heavy atom. The lowest BCUT2D eigenvalue weighted by molar-refractivity contribution is 0.191. The van der Waals surface area contributed by atoms with Crippen LogP contribution >= 0.6 is 0 Å². The Balaban J connectivity index is 2.00. The largest absolute Gasteiger partial charge is 0.493 e. The van der Waals surface area contributed by atoms with E-state index in [4.69, 9.17) is 4.74 Å². The minimum absolute atomic E-state index is 0.369. The minimum Gasteiger partial charge on any atom is -0.493 e. The number of hydrogen-bond acceptors (Lipinski definition) is 2. The van der Waals surface area contributed by atoms with Crippen LogP contribution < -0.4 is 4.74 Å². The fourth-order valence-corrected chi connectivity index (χ4v) is 1.90. The first-order chi connectivity index (χ1) is 9.16. The standard InChI is InChI=1S/C16H17FO2/c1-12(18)15-11-14(17)7-8-16(15)19-10-9-13-5-3-2-4-6-13/h2-8,11-12,18H,9-10H2,1H3. The Kier molecular flexibility index (Phi) is 4.53. The summed E-state index contributed by atoms with van der Waals surface area (Å²) in [5, 5.41) is 9.60. The number of hydrogen-bond donors (Lipinski definition) is 1. The minimum atomic E-state index is -0.748. The van der Waals surface area contributed by atoms with Crippen LogP contribution in [0.5, 0.6) is 5.75 Å². The van der Waals surface area contributed by atoms with Crippen LogP contribution in [0.3, 0.4) is 0 Å². The quantitative estimate of drug-likeness (QED) is 0.891. The van der Waals surface area contributed by atoms with Crippen LogP contribution in [0.2, 0.25) is 0 Å². The molecule has 2 rings (SSSR count). The van der Waals surface area contributed by atoms with Gasteiger partial charge in [-0.3, -0.25) is 0 Å². The maximum Gasteiger partial charge on any atom is 0.125 e. The van der Waals surface area contributed by atoms with Crippen molar-refractivity contribution in [2.75, 3.05) is 6.61 Å². The Morgan fingerprint density at radius 1 is 1.16 bits per heavy atom. The zero-order chi connectivity index (χ0) is 13.7. The molecular formula is C16H17FO2. The van der Waals surface area contributed by atoms with Gasteiger partial charge in [-0.25, -0.2) is 4.39 Å². The zero-order valence-electron chi connectivity index (χ0n) is 10.8. The molecule has 0 bridgehead atoms. The zero-order valence-corrected chi connectivity index (χ0v) is 10.8. The molecule has 2 aromatic carbocycles. The summed E-state index contributed by atoms with van der Waals surface area (Å²) in [7, 11) is 0. The van der Waals surface area contributed by atoms with Crippen molar-refractivity contribution in [1.82, 2.24) is 0 Å². The Bertz CT molecular complexity index is 524. The fraction of sp³-hybridized carbons (Fsp3) is 0.250. The van der Waals surface area contributed by atoms with Gasteiger partial charge in [0, 0.05) is 12.0 Å². The van der Waals surface area contributed by atoms with Crippen molar-refractivity contribution in [3.05, 3.63) is 65.5 Å². The summed E-state index contributed by atoms with van der Waals surface area (Å²) < 4.78 is 18.8. The molecule has 1 N–H and O–H groups in total. The average molecular weight is 260 g/mol. The van der Waals surface area contributed by atoms with Gasteiger partial charge in [0.25, 0.3) is 0 Å². The molecule has 2 nitrogen and oxygen atoms in total. The molecule has 2 aromatic rings. The highest BCUT2D eigenvalue weighted by molar-refractivity contribution is 5.35. The highest BCUT2D eigenvalue weighted by atomic mass is 19.1. The molecular weight excluding hydrogens is 243 g/mol. The third-order valence-corrected chi connectivity index (χ3v) is 2.91. The molecule has 0 aliphatic carbocycles. The average Bonchev–Trinajstić information content (AvgIpc) is 2.41. The van der Waals surface area contributed by atoms with E-state index in [2.05, 4.69) is 0 Å². The van der Waals surface area contributed by atoms with E-state index in [-0.39, 0.29) is 5.82 Å². The van der Waals surface area contributed by atoms with Crippen molar-refractivity contribution in [2.24, 2.45) is 0 Å². The van der Waals surface area contributed by atoms with Crippen molar-refractivity contribution in [1.29, 1.82) is 0 Å². The van der Waals surface area contributed by atoms with Crippen LogP contribution in [-0.2, 0) is 6.42 Å². The molecule has 0 aliphatic heterocycles. The normalized spacial score (nSPS) is 12.2. The maximum absolute atomic E-state index is 13.1. The Morgan fingerprint density at radius 3 is 2.58 bits per heavy atom. The predicted octanol–water partition coefficient (Wildman–Crippen LogP) is 3.50. The second-order valence-corrected chi connectivity index (χ2v) is 4.44. The van der Waals surface area contributed by atoms with E-state index in [1.54, 1.807) is 13.0 Å². The van der Waals surface area contributed by atoms with Crippen molar-refractivity contribution in [2.45, 2.75) is 19.4 Å². The first-order valence-corrected chi connectivity index (χ1v) is 6.31. The van der Waals surface area contributed by atoms with Crippen LogP contribution in [0.15, 0.2) is 48.5 Å². The number of rotatable bonds is 5. The monoisotopic (exact) mass is 260 g/mol. The number of halogens is 1. The lowest BCUT2D eigenvalue weighted by atomic mass is 10.1. The summed E-state index contributed by atoms with van der Waals surface area (Å²) in [4.78, 5) is 0. The van der Waals surface area contributed by atoms with Gasteiger partial charge in [-0.2, -0.15) is 0 Å². The van der Waals surface area contributed by atoms with Crippen molar-refractivity contribution in [3.8, 4) is 5.75 Å². The number of aliphatic hydroxyl groups is 1. The molecule has 1 unspecified atom stereocenters. The van der Waals surface area contributed by atoms with E-state index in [1.165, 1.54) is 17.7 Å². The molecule has 19 heavy (non-hydrogen) atoms. The molecule has 100 valence electrons. The van der Waals surface area contributed by atoms with Gasteiger partial charge < -0.3 is 9.84 Å². The Hall–Kier alpha value is -1.87. The van der Waals surface area contributed by atoms with Gasteiger partial charge in [-0.1, -0.05) is 30.3 Å². The van der Waals surface area contributed by atoms with Crippen LogP contribution in [0.25, 0.3) is 0 Å². The number of ether oxygens (including phenoxy) is 1. The summed E-state index contributed by atoms with van der Waals surface area (Å²) in [5.41, 5.74) is 1.66. The first kappa shape index (κ1) is 13.6. The van der Waals surface area contributed by atoms with Crippen molar-refractivity contribution in [3.63, 3.8) is 0 Å². The summed E-state index contributed by atoms with van der Waals surface area (Å²) in [5.74, 6) is 0.165. The van der Waals surface area contributed by atoms with Crippen molar-refractivity contribution >= 4 is 0 Å². The third kappa shape index (κ3) is 3.80. The van der Waals surface area contributed by atoms with Crippen LogP contribution in [0.1, 0.15) is 24.2 Å². The molecule has 0 saturated carbocycles. The van der Waals surface area contributed by atoms with E-state index >= 15 is 0 Å². The second kappa shape index (κ2) is 6.34. The van der Waals surface area contributed by atoms with Crippen LogP contribution in [-0.4, -0.2) is 11.7 Å². The van der Waals surface area contributed by atoms with Gasteiger partial charge >= 0.3 is 0 Å². The third-order valence-electron chi connectivity index (χ3n) is 2.91. The topological polar surface area (TPSA) is 29.5 Å². The fourth-order valence-electron chi connectivity index (χ4n) is 1.90. The molecule has 0 saturated heterocycles. The first-order valence-electron chi connectivity index (χ1n) is 6.31. The van der Waals surface area contributed by atoms with Crippen LogP contribution in [0, 0.1) is 5.82 Å². The number of benzene rings is 2. The van der Waals surface area contributed by atoms with Gasteiger partial charge in [0.15, 0.2) is 0 Å². The van der Waals surface area contributed by atoms with Gasteiger partial charge in [-0.15, -0.1) is 0 Å². The molecule has 0 heterocycles. The summed E-state index contributed by atoms with van der Waals surface area (Å²) in [6.07, 6.45) is 0.0275. The summed E-state index contributed by atoms with van der Waals surface area (Å²) in [6.45, 7) is 2.09. The second-order valence-electron chi connectivity index (χ2n) is 4.44. The lowest BCUT2D eigenvalue weighted by Gasteiger charge is -2.13. The van der Waals surface area contributed by atoms with Gasteiger partial charge in [0.05, 0.1) is 12.7 Å². The van der Waals surface area contributed by atoms with Gasteiger partial charge in [-0.05, 0) is 30.7 Å². The van der Waals surface area contributed by atoms with E-state index in [9.17, 15) is 9.50 Å². The molecule has 0 aliphatic rings. The van der Waals surface area contributed by atoms with Crippen molar-refractivity contribution < 1.29 is 14.2 Å². The lowest BCUT2D eigenvalue weighted by Crippen LogP contribution is -2.05. The van der Waals surface area contributed by atoms with E-state index < -0.39 is 6.10 Å². The molecule has 1 atom stereocenters. The summed E-state index contributed by atoms with van der Waals surface area (Å²) in [6, 6.07) is 14.2. The molecule has 3 heteroatoms.